The van der Waals surface area contributed by atoms with Gasteiger partial charge in [-0.05, 0) is 83.0 Å². The third kappa shape index (κ3) is 5.09. The van der Waals surface area contributed by atoms with Gasteiger partial charge >= 0.3 is 0 Å². The molecule has 1 aliphatic carbocycles. The highest BCUT2D eigenvalue weighted by atomic mass is 19.1. The molecule has 1 N–H and O–H groups in total. The Hall–Kier alpha value is -3.39. The van der Waals surface area contributed by atoms with Crippen LogP contribution in [0.15, 0.2) is 53.3 Å². The van der Waals surface area contributed by atoms with E-state index in [1.165, 1.54) is 30.5 Å². The average Bonchev–Trinajstić information content (AvgIpc) is 3.58. The summed E-state index contributed by atoms with van der Waals surface area (Å²) in [5.41, 5.74) is 3.63. The first-order chi connectivity index (χ1) is 17.6. The third-order valence-electron chi connectivity index (χ3n) is 7.38. The number of nitrogens with one attached hydrogen (secondary N) is 1. The molecule has 1 atom stereocenters. The maximum atomic E-state index is 13.6. The fourth-order valence-corrected chi connectivity index (χ4v) is 5.39. The third-order valence-corrected chi connectivity index (χ3v) is 7.38. The first-order valence-corrected chi connectivity index (χ1v) is 13.0. The van der Waals surface area contributed by atoms with Crippen LogP contribution in [0.3, 0.4) is 0 Å². The van der Waals surface area contributed by atoms with Gasteiger partial charge in [-0.25, -0.2) is 9.07 Å². The summed E-state index contributed by atoms with van der Waals surface area (Å²) >= 11 is 0. The lowest BCUT2D eigenvalue weighted by Crippen LogP contribution is -2.32. The van der Waals surface area contributed by atoms with E-state index >= 15 is 0 Å². The highest BCUT2D eigenvalue weighted by Crippen LogP contribution is 2.33. The van der Waals surface area contributed by atoms with Gasteiger partial charge in [-0.15, -0.1) is 5.10 Å². The molecule has 1 aliphatic rings. The Morgan fingerprint density at radius 1 is 1.06 bits per heavy atom. The number of aryl methyl sites for hydroxylation is 1. The number of rotatable bonds is 9. The van der Waals surface area contributed by atoms with Crippen molar-refractivity contribution in [3.05, 3.63) is 87.2 Å². The molecule has 5 rings (SSSR count). The lowest BCUT2D eigenvalue weighted by molar-refractivity contribution is 0.158. The van der Waals surface area contributed by atoms with Gasteiger partial charge in [0.05, 0.1) is 12.1 Å². The van der Waals surface area contributed by atoms with E-state index in [1.54, 1.807) is 12.1 Å². The van der Waals surface area contributed by atoms with Crippen molar-refractivity contribution < 1.29 is 4.39 Å². The minimum absolute atomic E-state index is 0.0947. The van der Waals surface area contributed by atoms with Crippen molar-refractivity contribution in [1.29, 1.82) is 0 Å². The number of tetrazole rings is 1. The first-order valence-electron chi connectivity index (χ1n) is 13.0. The van der Waals surface area contributed by atoms with Gasteiger partial charge in [-0.2, -0.15) is 0 Å². The fourth-order valence-electron chi connectivity index (χ4n) is 5.39. The molecule has 0 saturated heterocycles. The van der Waals surface area contributed by atoms with Crippen molar-refractivity contribution in [2.45, 2.75) is 77.5 Å². The maximum absolute atomic E-state index is 13.6. The predicted octanol–water partition coefficient (Wildman–Crippen LogP) is 5.48. The van der Waals surface area contributed by atoms with Crippen LogP contribution in [-0.4, -0.2) is 30.1 Å². The Bertz CT molecular complexity index is 1370. The summed E-state index contributed by atoms with van der Waals surface area (Å²) in [6, 6.07) is 14.9. The van der Waals surface area contributed by atoms with Crippen molar-refractivity contribution in [1.82, 2.24) is 30.1 Å². The average molecular weight is 489 g/mol. The van der Waals surface area contributed by atoms with Crippen LogP contribution < -0.4 is 5.56 Å². The largest absolute Gasteiger partial charge is 0.322 e. The summed E-state index contributed by atoms with van der Waals surface area (Å²) < 4.78 is 15.6. The van der Waals surface area contributed by atoms with Gasteiger partial charge in [0.15, 0.2) is 5.82 Å². The summed E-state index contributed by atoms with van der Waals surface area (Å²) in [6.07, 6.45) is 6.24. The van der Waals surface area contributed by atoms with Gasteiger partial charge in [-0.3, -0.25) is 9.69 Å². The molecule has 0 amide bonds. The van der Waals surface area contributed by atoms with E-state index in [4.69, 9.17) is 0 Å². The van der Waals surface area contributed by atoms with Crippen LogP contribution in [0.2, 0.25) is 0 Å². The Balaban J connectivity index is 1.53. The number of aromatic nitrogens is 5. The lowest BCUT2D eigenvalue weighted by atomic mass is 10.1. The van der Waals surface area contributed by atoms with Gasteiger partial charge in [0.25, 0.3) is 5.56 Å². The number of halogens is 1. The summed E-state index contributed by atoms with van der Waals surface area (Å²) in [5, 5.41) is 13.9. The topological polar surface area (TPSA) is 79.7 Å². The maximum Gasteiger partial charge on any atom is 0.252 e. The zero-order valence-corrected chi connectivity index (χ0v) is 21.0. The molecule has 4 aromatic rings. The molecular formula is C28H33FN6O. The van der Waals surface area contributed by atoms with E-state index < -0.39 is 0 Å². The standard InChI is InChI=1S/C28H33FN6O/c1-3-19-11-14-25-21(15-19)16-22(28(36)30-25)18-34(17-20-9-12-23(29)13-10-20)26(4-2)27-31-32-33-35(27)24-7-5-6-8-24/h9-16,24,26H,3-8,17-18H2,1-2H3,(H,30,36). The second-order valence-corrected chi connectivity index (χ2v) is 9.77. The summed E-state index contributed by atoms with van der Waals surface area (Å²) in [7, 11) is 0. The Labute approximate surface area is 210 Å². The molecule has 1 unspecified atom stereocenters. The summed E-state index contributed by atoms with van der Waals surface area (Å²) in [5.74, 6) is 0.567. The zero-order valence-electron chi connectivity index (χ0n) is 21.0. The second-order valence-electron chi connectivity index (χ2n) is 9.77. The van der Waals surface area contributed by atoms with Crippen LogP contribution in [0.25, 0.3) is 10.9 Å². The number of H-pyrrole nitrogens is 1. The highest BCUT2D eigenvalue weighted by molar-refractivity contribution is 5.79. The number of pyridine rings is 1. The normalized spacial score (nSPS) is 15.2. The number of hydrogen-bond acceptors (Lipinski definition) is 5. The smallest absolute Gasteiger partial charge is 0.252 e. The SMILES string of the molecule is CCc1ccc2[nH]c(=O)c(CN(Cc3ccc(F)cc3)C(CC)c3nnnn3C3CCCC3)cc2c1. The van der Waals surface area contributed by atoms with Gasteiger partial charge in [0.1, 0.15) is 5.82 Å². The van der Waals surface area contributed by atoms with Gasteiger partial charge in [-0.1, -0.05) is 44.9 Å². The van der Waals surface area contributed by atoms with Gasteiger partial charge in [0, 0.05) is 24.2 Å². The minimum Gasteiger partial charge on any atom is -0.322 e. The van der Waals surface area contributed by atoms with Gasteiger partial charge < -0.3 is 4.98 Å². The Morgan fingerprint density at radius 3 is 2.53 bits per heavy atom. The van der Waals surface area contributed by atoms with Gasteiger partial charge in [0.2, 0.25) is 0 Å². The Kier molecular flexibility index (Phi) is 7.23. The second kappa shape index (κ2) is 10.7. The van der Waals surface area contributed by atoms with Crippen LogP contribution in [0.5, 0.6) is 0 Å². The van der Waals surface area contributed by atoms with Crippen molar-refractivity contribution in [3.8, 4) is 0 Å². The van der Waals surface area contributed by atoms with Crippen LogP contribution >= 0.6 is 0 Å². The molecule has 0 bridgehead atoms. The molecule has 1 fully saturated rings. The molecule has 8 heteroatoms. The molecule has 2 heterocycles. The molecule has 1 saturated carbocycles. The molecule has 36 heavy (non-hydrogen) atoms. The van der Waals surface area contributed by atoms with Crippen molar-refractivity contribution in [3.63, 3.8) is 0 Å². The van der Waals surface area contributed by atoms with Crippen LogP contribution in [0.4, 0.5) is 4.39 Å². The molecule has 0 spiro atoms. The molecule has 0 aliphatic heterocycles. The summed E-state index contributed by atoms with van der Waals surface area (Å²) in [4.78, 5) is 18.4. The van der Waals surface area contributed by atoms with Crippen LogP contribution in [0.1, 0.15) is 80.6 Å². The minimum atomic E-state index is -0.264. The molecule has 2 aromatic heterocycles. The van der Waals surface area contributed by atoms with E-state index in [9.17, 15) is 9.18 Å². The number of nitrogens with zero attached hydrogens (tertiary/aromatic N) is 5. The van der Waals surface area contributed by atoms with E-state index in [0.29, 0.717) is 24.7 Å². The van der Waals surface area contributed by atoms with E-state index in [-0.39, 0.29) is 17.4 Å². The number of fused-ring (bicyclic) bond motifs is 1. The highest BCUT2D eigenvalue weighted by Gasteiger charge is 2.29. The fraction of sp³-hybridized carbons (Fsp3) is 0.429. The molecule has 188 valence electrons. The van der Waals surface area contributed by atoms with Crippen LogP contribution in [-0.2, 0) is 19.5 Å². The molecule has 2 aromatic carbocycles. The predicted molar refractivity (Wildman–Crippen MR) is 138 cm³/mol. The summed E-state index contributed by atoms with van der Waals surface area (Å²) in [6.45, 7) is 5.21. The van der Waals surface area contributed by atoms with Crippen molar-refractivity contribution in [2.24, 2.45) is 0 Å². The van der Waals surface area contributed by atoms with Crippen LogP contribution in [0, 0.1) is 5.82 Å². The Morgan fingerprint density at radius 2 is 1.81 bits per heavy atom. The van der Waals surface area contributed by atoms with Crippen molar-refractivity contribution in [2.75, 3.05) is 0 Å². The number of hydrogen-bond donors (Lipinski definition) is 1. The monoisotopic (exact) mass is 488 g/mol. The molecular weight excluding hydrogens is 455 g/mol. The number of aromatic amines is 1. The zero-order chi connectivity index (χ0) is 25.1. The van der Waals surface area contributed by atoms with E-state index in [1.807, 2.05) is 16.8 Å². The van der Waals surface area contributed by atoms with Crippen molar-refractivity contribution >= 4 is 10.9 Å². The quantitative estimate of drug-likeness (QED) is 0.337. The van der Waals surface area contributed by atoms with E-state index in [0.717, 1.165) is 48.0 Å². The first kappa shape index (κ1) is 24.3. The number of benzene rings is 2. The lowest BCUT2D eigenvalue weighted by Gasteiger charge is -2.31. The molecule has 7 nitrogen and oxygen atoms in total. The molecule has 0 radical (unpaired) electrons. The van der Waals surface area contributed by atoms with E-state index in [2.05, 4.69) is 51.4 Å².